The fraction of sp³-hybridized carbons (Fsp3) is 1.00. The minimum Gasteiger partial charge on any atom is -0.373 e. The predicted molar refractivity (Wildman–Crippen MR) is 36.7 cm³/mol. The van der Waals surface area contributed by atoms with Crippen LogP contribution in [0.4, 0.5) is 0 Å². The number of ether oxygens (including phenoxy) is 2. The van der Waals surface area contributed by atoms with Crippen LogP contribution >= 0.6 is 0 Å². The third-order valence-electron chi connectivity index (χ3n) is 2.23. The molecular weight excluding hydrogens is 130 g/mol. The number of rotatable bonds is 0. The standard InChI is InChI=1S/C7H13NO2/c8-5-3-6-7(4-5)10-2-1-9-6/h5-7H,1-4,8H2. The third-order valence-corrected chi connectivity index (χ3v) is 2.23. The van der Waals surface area contributed by atoms with E-state index in [9.17, 15) is 0 Å². The van der Waals surface area contributed by atoms with Crippen molar-refractivity contribution in [1.29, 1.82) is 0 Å². The third kappa shape index (κ3) is 1.05. The highest BCUT2D eigenvalue weighted by Crippen LogP contribution is 2.26. The summed E-state index contributed by atoms with van der Waals surface area (Å²) in [6.45, 7) is 1.49. The molecule has 2 atom stereocenters. The first-order chi connectivity index (χ1) is 4.86. The SMILES string of the molecule is NC1CC2OCCOC2C1. The van der Waals surface area contributed by atoms with Crippen molar-refractivity contribution in [3.63, 3.8) is 0 Å². The molecular formula is C7H13NO2. The average Bonchev–Trinajstić information content (AvgIpc) is 2.27. The van der Waals surface area contributed by atoms with Crippen molar-refractivity contribution < 1.29 is 9.47 Å². The lowest BCUT2D eigenvalue weighted by molar-refractivity contribution is -0.124. The van der Waals surface area contributed by atoms with E-state index in [2.05, 4.69) is 0 Å². The molecule has 0 aromatic carbocycles. The van der Waals surface area contributed by atoms with Gasteiger partial charge in [0.2, 0.25) is 0 Å². The highest BCUT2D eigenvalue weighted by atomic mass is 16.6. The van der Waals surface area contributed by atoms with Crippen LogP contribution in [0, 0.1) is 0 Å². The maximum Gasteiger partial charge on any atom is 0.0853 e. The highest BCUT2D eigenvalue weighted by molar-refractivity contribution is 4.88. The molecule has 0 aromatic heterocycles. The lowest BCUT2D eigenvalue weighted by Gasteiger charge is -2.25. The summed E-state index contributed by atoms with van der Waals surface area (Å²) in [5, 5.41) is 0. The second kappa shape index (κ2) is 2.49. The fourth-order valence-corrected chi connectivity index (χ4v) is 1.75. The van der Waals surface area contributed by atoms with Gasteiger partial charge in [0.15, 0.2) is 0 Å². The Morgan fingerprint density at radius 3 is 2.00 bits per heavy atom. The number of nitrogens with two attached hydrogens (primary N) is 1. The number of hydrogen-bond donors (Lipinski definition) is 1. The molecule has 1 aliphatic carbocycles. The molecule has 0 aromatic rings. The molecule has 2 unspecified atom stereocenters. The van der Waals surface area contributed by atoms with Crippen molar-refractivity contribution in [2.45, 2.75) is 31.1 Å². The van der Waals surface area contributed by atoms with Gasteiger partial charge >= 0.3 is 0 Å². The maximum atomic E-state index is 5.73. The van der Waals surface area contributed by atoms with Gasteiger partial charge in [0.1, 0.15) is 0 Å². The minimum atomic E-state index is 0.295. The quantitative estimate of drug-likeness (QED) is 0.514. The summed E-state index contributed by atoms with van der Waals surface area (Å²) in [6.07, 6.45) is 2.54. The predicted octanol–water partition coefficient (Wildman–Crippen LogP) is -0.109. The zero-order valence-electron chi connectivity index (χ0n) is 5.95. The van der Waals surface area contributed by atoms with Crippen LogP contribution in [-0.2, 0) is 9.47 Å². The van der Waals surface area contributed by atoms with Crippen molar-refractivity contribution in [2.75, 3.05) is 13.2 Å². The molecule has 1 heterocycles. The van der Waals surface area contributed by atoms with Gasteiger partial charge in [-0.15, -0.1) is 0 Å². The molecule has 0 amide bonds. The van der Waals surface area contributed by atoms with E-state index in [0.717, 1.165) is 26.1 Å². The molecule has 3 nitrogen and oxygen atoms in total. The van der Waals surface area contributed by atoms with Crippen molar-refractivity contribution in [3.8, 4) is 0 Å². The second-order valence-electron chi connectivity index (χ2n) is 3.05. The Morgan fingerprint density at radius 1 is 1.00 bits per heavy atom. The zero-order chi connectivity index (χ0) is 6.97. The highest BCUT2D eigenvalue weighted by Gasteiger charge is 2.35. The van der Waals surface area contributed by atoms with Crippen LogP contribution in [0.15, 0.2) is 0 Å². The summed E-state index contributed by atoms with van der Waals surface area (Å²) in [5.41, 5.74) is 5.73. The van der Waals surface area contributed by atoms with Crippen LogP contribution in [0.2, 0.25) is 0 Å². The van der Waals surface area contributed by atoms with Crippen molar-refractivity contribution in [3.05, 3.63) is 0 Å². The smallest absolute Gasteiger partial charge is 0.0853 e. The molecule has 2 fully saturated rings. The summed E-state index contributed by atoms with van der Waals surface area (Å²) >= 11 is 0. The van der Waals surface area contributed by atoms with E-state index in [0.29, 0.717) is 18.2 Å². The molecule has 1 saturated carbocycles. The van der Waals surface area contributed by atoms with Crippen molar-refractivity contribution in [1.82, 2.24) is 0 Å². The maximum absolute atomic E-state index is 5.73. The van der Waals surface area contributed by atoms with Gasteiger partial charge in [0.05, 0.1) is 25.4 Å². The van der Waals surface area contributed by atoms with Crippen LogP contribution in [0.5, 0.6) is 0 Å². The Balaban J connectivity index is 1.97. The Morgan fingerprint density at radius 2 is 1.50 bits per heavy atom. The van der Waals surface area contributed by atoms with E-state index in [1.165, 1.54) is 0 Å². The molecule has 0 radical (unpaired) electrons. The molecule has 2 N–H and O–H groups in total. The number of fused-ring (bicyclic) bond motifs is 1. The second-order valence-corrected chi connectivity index (χ2v) is 3.05. The van der Waals surface area contributed by atoms with Gasteiger partial charge in [-0.3, -0.25) is 0 Å². The molecule has 3 heteroatoms. The van der Waals surface area contributed by atoms with E-state index in [-0.39, 0.29) is 0 Å². The van der Waals surface area contributed by atoms with E-state index in [1.54, 1.807) is 0 Å². The molecule has 1 saturated heterocycles. The van der Waals surface area contributed by atoms with E-state index in [1.807, 2.05) is 0 Å². The Hall–Kier alpha value is -0.120. The van der Waals surface area contributed by atoms with Gasteiger partial charge in [-0.1, -0.05) is 0 Å². The normalized spacial score (nSPS) is 47.1. The van der Waals surface area contributed by atoms with Gasteiger partial charge in [-0.2, -0.15) is 0 Å². The van der Waals surface area contributed by atoms with Gasteiger partial charge in [-0.25, -0.2) is 0 Å². The molecule has 2 aliphatic rings. The summed E-state index contributed by atoms with van der Waals surface area (Å²) < 4.78 is 10.9. The molecule has 0 bridgehead atoms. The molecule has 10 heavy (non-hydrogen) atoms. The van der Waals surface area contributed by atoms with Gasteiger partial charge in [0, 0.05) is 6.04 Å². The van der Waals surface area contributed by atoms with Crippen molar-refractivity contribution >= 4 is 0 Å². The van der Waals surface area contributed by atoms with E-state index in [4.69, 9.17) is 15.2 Å². The number of hydrogen-bond acceptors (Lipinski definition) is 3. The topological polar surface area (TPSA) is 44.5 Å². The van der Waals surface area contributed by atoms with Crippen LogP contribution in [0.3, 0.4) is 0 Å². The Bertz CT molecular complexity index is 115. The largest absolute Gasteiger partial charge is 0.373 e. The van der Waals surface area contributed by atoms with Crippen LogP contribution in [-0.4, -0.2) is 31.5 Å². The molecule has 58 valence electrons. The lowest BCUT2D eigenvalue weighted by atomic mass is 10.2. The first-order valence-corrected chi connectivity index (χ1v) is 3.85. The van der Waals surface area contributed by atoms with Gasteiger partial charge < -0.3 is 15.2 Å². The summed E-state index contributed by atoms with van der Waals surface area (Å²) in [4.78, 5) is 0. The molecule has 0 spiro atoms. The Kier molecular flexibility index (Phi) is 1.64. The Labute approximate surface area is 60.5 Å². The van der Waals surface area contributed by atoms with Crippen LogP contribution in [0.1, 0.15) is 12.8 Å². The summed E-state index contributed by atoms with van der Waals surface area (Å²) in [7, 11) is 0. The summed E-state index contributed by atoms with van der Waals surface area (Å²) in [5.74, 6) is 0. The molecule has 2 rings (SSSR count). The zero-order valence-corrected chi connectivity index (χ0v) is 5.95. The fourth-order valence-electron chi connectivity index (χ4n) is 1.75. The first kappa shape index (κ1) is 6.58. The molecule has 1 aliphatic heterocycles. The lowest BCUT2D eigenvalue weighted by Crippen LogP contribution is -2.33. The monoisotopic (exact) mass is 143 g/mol. The van der Waals surface area contributed by atoms with E-state index < -0.39 is 0 Å². The van der Waals surface area contributed by atoms with E-state index >= 15 is 0 Å². The van der Waals surface area contributed by atoms with Crippen LogP contribution < -0.4 is 5.73 Å². The average molecular weight is 143 g/mol. The minimum absolute atomic E-state index is 0.295. The summed E-state index contributed by atoms with van der Waals surface area (Å²) in [6, 6.07) is 0.299. The first-order valence-electron chi connectivity index (χ1n) is 3.85. The van der Waals surface area contributed by atoms with Crippen LogP contribution in [0.25, 0.3) is 0 Å². The van der Waals surface area contributed by atoms with Gasteiger partial charge in [0.25, 0.3) is 0 Å². The van der Waals surface area contributed by atoms with Crippen molar-refractivity contribution in [2.24, 2.45) is 5.73 Å². The van der Waals surface area contributed by atoms with Gasteiger partial charge in [-0.05, 0) is 12.8 Å².